The van der Waals surface area contributed by atoms with E-state index in [9.17, 15) is 14.4 Å². The second kappa shape index (κ2) is 11.1. The number of fused-ring (bicyclic) bond motifs is 1. The largest absolute Gasteiger partial charge is 0.456 e. The first-order chi connectivity index (χ1) is 16.6. The zero-order valence-electron chi connectivity index (χ0n) is 18.9. The van der Waals surface area contributed by atoms with Crippen molar-refractivity contribution in [3.05, 3.63) is 94.0 Å². The molecule has 1 N–H and O–H groups in total. The number of carbonyl (C=O) groups is 3. The van der Waals surface area contributed by atoms with Crippen LogP contribution in [-0.4, -0.2) is 41.2 Å². The van der Waals surface area contributed by atoms with Crippen molar-refractivity contribution in [2.75, 3.05) is 12.3 Å². The van der Waals surface area contributed by atoms with Gasteiger partial charge in [-0.1, -0.05) is 66.7 Å². The predicted octanol–water partition coefficient (Wildman–Crippen LogP) is 4.16. The number of benzene rings is 2. The molecule has 2 aliphatic rings. The van der Waals surface area contributed by atoms with Gasteiger partial charge in [-0.25, -0.2) is 9.59 Å². The molecule has 4 rings (SSSR count). The third-order valence-electron chi connectivity index (χ3n) is 5.60. The predicted molar refractivity (Wildman–Crippen MR) is 129 cm³/mol. The van der Waals surface area contributed by atoms with Crippen molar-refractivity contribution in [2.24, 2.45) is 0 Å². The first-order valence-electron chi connectivity index (χ1n) is 11.1. The van der Waals surface area contributed by atoms with Gasteiger partial charge in [0.05, 0.1) is 6.04 Å². The fourth-order valence-corrected chi connectivity index (χ4v) is 4.95. The standard InChI is InChI=1S/C26H26N2O5S/c1-2-20-21-15-22(34-14-13-27-26(31)33-17-19-11-7-4-8-12-19)23(28(21)24(20)29)25(30)32-16-18-9-5-3-6-10-18/h2-12,21H,13-17H2,1H3,(H,27,31)/b20-2+. The second-order valence-electron chi connectivity index (χ2n) is 7.81. The molecular weight excluding hydrogens is 452 g/mol. The molecule has 2 aliphatic heterocycles. The van der Waals surface area contributed by atoms with E-state index in [0.29, 0.717) is 30.0 Å². The summed E-state index contributed by atoms with van der Waals surface area (Å²) in [5.74, 6) is -0.129. The molecular formula is C26H26N2O5S. The van der Waals surface area contributed by atoms with Gasteiger partial charge in [0.15, 0.2) is 0 Å². The van der Waals surface area contributed by atoms with E-state index in [1.54, 1.807) is 6.08 Å². The topological polar surface area (TPSA) is 84.9 Å². The monoisotopic (exact) mass is 478 g/mol. The number of alkyl carbamates (subject to hydrolysis) is 1. The van der Waals surface area contributed by atoms with Crippen LogP contribution in [0.2, 0.25) is 0 Å². The molecule has 1 fully saturated rings. The number of hydrogen-bond acceptors (Lipinski definition) is 6. The normalized spacial score (nSPS) is 17.9. The molecule has 0 aliphatic carbocycles. The average Bonchev–Trinajstić information content (AvgIpc) is 3.20. The molecule has 0 bridgehead atoms. The maximum Gasteiger partial charge on any atom is 0.407 e. The maximum atomic E-state index is 12.9. The minimum absolute atomic E-state index is 0.122. The summed E-state index contributed by atoms with van der Waals surface area (Å²) >= 11 is 1.45. The molecule has 2 aromatic rings. The zero-order chi connectivity index (χ0) is 23.9. The third kappa shape index (κ3) is 5.34. The van der Waals surface area contributed by atoms with Crippen molar-refractivity contribution in [1.29, 1.82) is 0 Å². The highest BCUT2D eigenvalue weighted by Gasteiger charge is 2.51. The number of β-lactam (4-membered cyclic amide) rings is 1. The van der Waals surface area contributed by atoms with Gasteiger partial charge in [-0.15, -0.1) is 11.8 Å². The van der Waals surface area contributed by atoms with Crippen molar-refractivity contribution in [3.63, 3.8) is 0 Å². The molecule has 7 nitrogen and oxygen atoms in total. The van der Waals surface area contributed by atoms with Gasteiger partial charge < -0.3 is 14.8 Å². The minimum atomic E-state index is -0.507. The second-order valence-corrected chi connectivity index (χ2v) is 9.00. The van der Waals surface area contributed by atoms with Gasteiger partial charge in [-0.3, -0.25) is 9.69 Å². The number of esters is 1. The lowest BCUT2D eigenvalue weighted by Gasteiger charge is -2.38. The summed E-state index contributed by atoms with van der Waals surface area (Å²) in [7, 11) is 0. The molecule has 0 spiro atoms. The third-order valence-corrected chi connectivity index (χ3v) is 6.71. The van der Waals surface area contributed by atoms with Crippen molar-refractivity contribution >= 4 is 29.7 Å². The number of hydrogen-bond donors (Lipinski definition) is 1. The summed E-state index contributed by atoms with van der Waals surface area (Å²) in [5, 5.41) is 2.72. The summed E-state index contributed by atoms with van der Waals surface area (Å²) < 4.78 is 10.7. The molecule has 0 aromatic heterocycles. The Balaban J connectivity index is 1.32. The number of allylic oxidation sites excluding steroid dienone is 1. The number of ether oxygens (including phenoxy) is 2. The van der Waals surface area contributed by atoms with Gasteiger partial charge in [0, 0.05) is 29.2 Å². The average molecular weight is 479 g/mol. The Morgan fingerprint density at radius 3 is 2.26 bits per heavy atom. The Morgan fingerprint density at radius 1 is 1.03 bits per heavy atom. The Hall–Kier alpha value is -3.52. The van der Waals surface area contributed by atoms with Gasteiger partial charge >= 0.3 is 12.1 Å². The lowest BCUT2D eigenvalue weighted by molar-refractivity contribution is -0.147. The highest BCUT2D eigenvalue weighted by atomic mass is 32.2. The fraction of sp³-hybridized carbons (Fsp3) is 0.269. The number of rotatable bonds is 9. The van der Waals surface area contributed by atoms with E-state index in [1.165, 1.54) is 16.7 Å². The number of amides is 2. The van der Waals surface area contributed by atoms with Gasteiger partial charge in [0.2, 0.25) is 0 Å². The SMILES string of the molecule is C/C=C1/C(=O)N2C(C(=O)OCc3ccccc3)=C(SCCNC(=O)OCc3ccccc3)CC12. The molecule has 0 saturated carbocycles. The van der Waals surface area contributed by atoms with Crippen molar-refractivity contribution in [2.45, 2.75) is 32.6 Å². The van der Waals surface area contributed by atoms with E-state index in [0.717, 1.165) is 16.0 Å². The molecule has 34 heavy (non-hydrogen) atoms. The fourth-order valence-electron chi connectivity index (χ4n) is 3.91. The number of nitrogens with zero attached hydrogens (tertiary/aromatic N) is 1. The van der Waals surface area contributed by atoms with Crippen LogP contribution in [0.25, 0.3) is 0 Å². The van der Waals surface area contributed by atoms with Crippen molar-refractivity contribution in [3.8, 4) is 0 Å². The van der Waals surface area contributed by atoms with Gasteiger partial charge in [-0.2, -0.15) is 0 Å². The molecule has 2 aromatic carbocycles. The number of carbonyl (C=O) groups excluding carboxylic acids is 3. The van der Waals surface area contributed by atoms with Gasteiger partial charge in [0.1, 0.15) is 18.9 Å². The quantitative estimate of drug-likeness (QED) is 0.252. The van der Waals surface area contributed by atoms with Crippen LogP contribution >= 0.6 is 11.8 Å². The first-order valence-corrected chi connectivity index (χ1v) is 12.1. The molecule has 2 heterocycles. The van der Waals surface area contributed by atoms with Gasteiger partial charge in [-0.05, 0) is 18.1 Å². The molecule has 8 heteroatoms. The lowest BCUT2D eigenvalue weighted by Crippen LogP contribution is -2.52. The van der Waals surface area contributed by atoms with E-state index in [2.05, 4.69) is 5.32 Å². The summed E-state index contributed by atoms with van der Waals surface area (Å²) in [5.41, 5.74) is 2.82. The van der Waals surface area contributed by atoms with Gasteiger partial charge in [0.25, 0.3) is 5.91 Å². The summed E-state index contributed by atoms with van der Waals surface area (Å²) in [6.45, 7) is 2.53. The molecule has 1 unspecified atom stereocenters. The van der Waals surface area contributed by atoms with Crippen LogP contribution in [-0.2, 0) is 32.3 Å². The molecule has 176 valence electrons. The van der Waals surface area contributed by atoms with Crippen LogP contribution in [0.15, 0.2) is 82.9 Å². The summed E-state index contributed by atoms with van der Waals surface area (Å²) in [4.78, 5) is 39.8. The Bertz CT molecular complexity index is 1110. The zero-order valence-corrected chi connectivity index (χ0v) is 19.7. The maximum absolute atomic E-state index is 12.9. The van der Waals surface area contributed by atoms with Crippen molar-refractivity contribution < 1.29 is 23.9 Å². The van der Waals surface area contributed by atoms with Crippen LogP contribution < -0.4 is 5.32 Å². The minimum Gasteiger partial charge on any atom is -0.456 e. The molecule has 1 atom stereocenters. The number of thioether (sulfide) groups is 1. The van der Waals surface area contributed by atoms with Crippen LogP contribution in [0.5, 0.6) is 0 Å². The molecule has 2 amide bonds. The van der Waals surface area contributed by atoms with E-state index >= 15 is 0 Å². The molecule has 1 saturated heterocycles. The number of nitrogens with one attached hydrogen (secondary N) is 1. The van der Waals surface area contributed by atoms with E-state index in [4.69, 9.17) is 9.47 Å². The van der Waals surface area contributed by atoms with Crippen molar-refractivity contribution in [1.82, 2.24) is 10.2 Å². The van der Waals surface area contributed by atoms with E-state index in [1.807, 2.05) is 67.6 Å². The van der Waals surface area contributed by atoms with E-state index in [-0.39, 0.29) is 25.2 Å². The summed E-state index contributed by atoms with van der Waals surface area (Å²) in [6, 6.07) is 18.7. The van der Waals surface area contributed by atoms with Crippen LogP contribution in [0.4, 0.5) is 4.79 Å². The Labute approximate surface area is 202 Å². The highest BCUT2D eigenvalue weighted by molar-refractivity contribution is 8.03. The summed E-state index contributed by atoms with van der Waals surface area (Å²) in [6.07, 6.45) is 1.88. The molecule has 0 radical (unpaired) electrons. The lowest BCUT2D eigenvalue weighted by atomic mass is 9.94. The Kier molecular flexibility index (Phi) is 7.69. The first kappa shape index (κ1) is 23.6. The van der Waals surface area contributed by atoms with Crippen LogP contribution in [0.3, 0.4) is 0 Å². The smallest absolute Gasteiger partial charge is 0.407 e. The van der Waals surface area contributed by atoms with Crippen LogP contribution in [0, 0.1) is 0 Å². The Morgan fingerprint density at radius 2 is 1.65 bits per heavy atom. The van der Waals surface area contributed by atoms with E-state index < -0.39 is 12.1 Å². The highest BCUT2D eigenvalue weighted by Crippen LogP contribution is 2.45. The van der Waals surface area contributed by atoms with Crippen LogP contribution in [0.1, 0.15) is 24.5 Å².